The van der Waals surface area contributed by atoms with Gasteiger partial charge in [-0.25, -0.2) is 4.68 Å². The minimum absolute atomic E-state index is 0.0595. The summed E-state index contributed by atoms with van der Waals surface area (Å²) in [6.45, 7) is 1.91. The number of nitriles is 1. The van der Waals surface area contributed by atoms with Gasteiger partial charge in [0.25, 0.3) is 11.8 Å². The molecule has 160 valence electrons. The fourth-order valence-corrected chi connectivity index (χ4v) is 4.28. The Kier molecular flexibility index (Phi) is 6.05. The van der Waals surface area contributed by atoms with Gasteiger partial charge in [0.05, 0.1) is 16.8 Å². The van der Waals surface area contributed by atoms with Gasteiger partial charge < -0.3 is 5.32 Å². The summed E-state index contributed by atoms with van der Waals surface area (Å²) in [5, 5.41) is 17.5. The van der Waals surface area contributed by atoms with Crippen LogP contribution >= 0.6 is 11.8 Å². The third-order valence-corrected chi connectivity index (χ3v) is 5.87. The second-order valence-corrected chi connectivity index (χ2v) is 8.18. The number of para-hydroxylation sites is 1. The summed E-state index contributed by atoms with van der Waals surface area (Å²) in [6.07, 6.45) is -0.106. The number of fused-ring (bicyclic) bond motifs is 1. The Morgan fingerprint density at radius 2 is 1.69 bits per heavy atom. The maximum absolute atomic E-state index is 12.6. The van der Waals surface area contributed by atoms with Crippen LogP contribution in [0.5, 0.6) is 0 Å². The summed E-state index contributed by atoms with van der Waals surface area (Å²) >= 11 is 1.45. The number of anilines is 1. The van der Waals surface area contributed by atoms with Crippen molar-refractivity contribution in [2.24, 2.45) is 0 Å². The molecule has 3 aromatic rings. The lowest BCUT2D eigenvalue weighted by molar-refractivity contribution is -0.116. The van der Waals surface area contributed by atoms with Crippen LogP contribution in [0.1, 0.15) is 39.6 Å². The number of benzene rings is 2. The molecular formula is C23H19N5O3S. The average molecular weight is 446 g/mol. The normalized spacial score (nSPS) is 12.6. The topological polar surface area (TPSA) is 108 Å². The Morgan fingerprint density at radius 1 is 1.06 bits per heavy atom. The van der Waals surface area contributed by atoms with Crippen LogP contribution in [0, 0.1) is 11.3 Å². The zero-order valence-corrected chi connectivity index (χ0v) is 18.1. The van der Waals surface area contributed by atoms with Crippen LogP contribution in [-0.4, -0.2) is 44.7 Å². The van der Waals surface area contributed by atoms with E-state index < -0.39 is 17.7 Å². The molecule has 4 rings (SSSR count). The number of carbonyl (C=O) groups excluding carboxylic acids is 3. The zero-order valence-electron chi connectivity index (χ0n) is 17.2. The molecule has 0 bridgehead atoms. The fraction of sp³-hybridized carbons (Fsp3) is 0.174. The van der Waals surface area contributed by atoms with Crippen LogP contribution in [0.2, 0.25) is 0 Å². The molecule has 9 heteroatoms. The van der Waals surface area contributed by atoms with Crippen molar-refractivity contribution in [1.82, 2.24) is 14.7 Å². The SMILES string of the molecule is CCSc1c(C#N)c(NC(=O)CCN2C(=O)c3ccccc3C2=O)nn1-c1ccccc1. The summed E-state index contributed by atoms with van der Waals surface area (Å²) < 4.78 is 1.63. The van der Waals surface area contributed by atoms with E-state index in [0.717, 1.165) is 16.3 Å². The summed E-state index contributed by atoms with van der Waals surface area (Å²) in [4.78, 5) is 38.6. The standard InChI is InChI=1S/C23H19N5O3S/c1-2-32-23-18(14-24)20(26-28(23)15-8-4-3-5-9-15)25-19(29)12-13-27-21(30)16-10-6-7-11-17(16)22(27)31/h3-11H,2,12-13H2,1H3,(H,25,26,29). The summed E-state index contributed by atoms with van der Waals surface area (Å²) in [5.74, 6) is -0.388. The second-order valence-electron chi connectivity index (χ2n) is 6.93. The number of nitrogens with zero attached hydrogens (tertiary/aromatic N) is 4. The number of amides is 3. The van der Waals surface area contributed by atoms with E-state index in [1.165, 1.54) is 11.8 Å². The highest BCUT2D eigenvalue weighted by molar-refractivity contribution is 7.99. The number of carbonyl (C=O) groups is 3. The highest BCUT2D eigenvalue weighted by atomic mass is 32.2. The van der Waals surface area contributed by atoms with Crippen LogP contribution in [0.3, 0.4) is 0 Å². The van der Waals surface area contributed by atoms with Crippen molar-refractivity contribution in [3.05, 3.63) is 71.3 Å². The van der Waals surface area contributed by atoms with Crippen molar-refractivity contribution in [3.8, 4) is 11.8 Å². The molecule has 8 nitrogen and oxygen atoms in total. The highest BCUT2D eigenvalue weighted by Crippen LogP contribution is 2.30. The first kappa shape index (κ1) is 21.3. The fourth-order valence-electron chi connectivity index (χ4n) is 3.46. The third-order valence-electron chi connectivity index (χ3n) is 4.94. The Morgan fingerprint density at radius 3 is 2.28 bits per heavy atom. The number of hydrogen-bond donors (Lipinski definition) is 1. The number of thioether (sulfide) groups is 1. The molecule has 0 fully saturated rings. The Labute approximate surface area is 188 Å². The van der Waals surface area contributed by atoms with Crippen molar-refractivity contribution < 1.29 is 14.4 Å². The lowest BCUT2D eigenvalue weighted by Crippen LogP contribution is -2.33. The van der Waals surface area contributed by atoms with Crippen LogP contribution in [0.15, 0.2) is 59.6 Å². The van der Waals surface area contributed by atoms with Crippen LogP contribution in [0.25, 0.3) is 5.69 Å². The maximum atomic E-state index is 12.6. The van der Waals surface area contributed by atoms with E-state index in [1.54, 1.807) is 28.9 Å². The Hall–Kier alpha value is -3.90. The van der Waals surface area contributed by atoms with Gasteiger partial charge in [0.1, 0.15) is 16.7 Å². The first-order chi connectivity index (χ1) is 15.5. The number of hydrogen-bond acceptors (Lipinski definition) is 6. The smallest absolute Gasteiger partial charge is 0.261 e. The monoisotopic (exact) mass is 445 g/mol. The van der Waals surface area contributed by atoms with E-state index in [1.807, 2.05) is 37.3 Å². The molecule has 0 spiro atoms. The molecule has 1 aliphatic rings. The molecule has 3 amide bonds. The van der Waals surface area contributed by atoms with Crippen molar-refractivity contribution in [3.63, 3.8) is 0 Å². The predicted octanol–water partition coefficient (Wildman–Crippen LogP) is 3.48. The molecule has 2 heterocycles. The molecule has 0 saturated carbocycles. The summed E-state index contributed by atoms with van der Waals surface area (Å²) in [6, 6.07) is 18.0. The number of aromatic nitrogens is 2. The first-order valence-electron chi connectivity index (χ1n) is 10.0. The zero-order chi connectivity index (χ0) is 22.7. The molecule has 32 heavy (non-hydrogen) atoms. The van der Waals surface area contributed by atoms with Gasteiger partial charge in [-0.15, -0.1) is 16.9 Å². The average Bonchev–Trinajstić information content (AvgIpc) is 3.27. The summed E-state index contributed by atoms with van der Waals surface area (Å²) in [7, 11) is 0. The van der Waals surface area contributed by atoms with Gasteiger partial charge in [-0.3, -0.25) is 19.3 Å². The van der Waals surface area contributed by atoms with Gasteiger partial charge in [-0.2, -0.15) is 5.26 Å². The lowest BCUT2D eigenvalue weighted by atomic mass is 10.1. The van der Waals surface area contributed by atoms with Crippen molar-refractivity contribution in [2.45, 2.75) is 18.4 Å². The van der Waals surface area contributed by atoms with Crippen molar-refractivity contribution >= 4 is 35.3 Å². The van der Waals surface area contributed by atoms with Gasteiger partial charge in [0, 0.05) is 13.0 Å². The molecule has 1 aliphatic heterocycles. The highest BCUT2D eigenvalue weighted by Gasteiger charge is 2.35. The molecular weight excluding hydrogens is 426 g/mol. The predicted molar refractivity (Wildman–Crippen MR) is 120 cm³/mol. The molecule has 0 aliphatic carbocycles. The molecule has 2 aromatic carbocycles. The van der Waals surface area contributed by atoms with Crippen LogP contribution < -0.4 is 5.32 Å². The molecule has 0 saturated heterocycles. The van der Waals surface area contributed by atoms with E-state index in [4.69, 9.17) is 0 Å². The number of rotatable bonds is 7. The lowest BCUT2D eigenvalue weighted by Gasteiger charge is -2.13. The molecule has 0 atom stereocenters. The maximum Gasteiger partial charge on any atom is 0.261 e. The van der Waals surface area contributed by atoms with E-state index in [0.29, 0.717) is 16.2 Å². The van der Waals surface area contributed by atoms with Gasteiger partial charge >= 0.3 is 0 Å². The Bertz CT molecular complexity index is 1210. The third kappa shape index (κ3) is 3.88. The largest absolute Gasteiger partial charge is 0.308 e. The van der Waals surface area contributed by atoms with Gasteiger partial charge in [-0.05, 0) is 30.0 Å². The van der Waals surface area contributed by atoms with E-state index in [-0.39, 0.29) is 24.3 Å². The minimum Gasteiger partial charge on any atom is -0.308 e. The van der Waals surface area contributed by atoms with E-state index >= 15 is 0 Å². The van der Waals surface area contributed by atoms with E-state index in [9.17, 15) is 19.6 Å². The molecule has 1 aromatic heterocycles. The van der Waals surface area contributed by atoms with Crippen molar-refractivity contribution in [2.75, 3.05) is 17.6 Å². The molecule has 0 radical (unpaired) electrons. The first-order valence-corrected chi connectivity index (χ1v) is 11.0. The quantitative estimate of drug-likeness (QED) is 0.441. The van der Waals surface area contributed by atoms with Crippen molar-refractivity contribution in [1.29, 1.82) is 5.26 Å². The summed E-state index contributed by atoms with van der Waals surface area (Å²) in [5.41, 5.74) is 1.72. The van der Waals surface area contributed by atoms with Gasteiger partial charge in [0.2, 0.25) is 5.91 Å². The number of imide groups is 1. The number of nitrogens with one attached hydrogen (secondary N) is 1. The van der Waals surface area contributed by atoms with Crippen LogP contribution in [-0.2, 0) is 4.79 Å². The minimum atomic E-state index is -0.441. The van der Waals surface area contributed by atoms with Crippen LogP contribution in [0.4, 0.5) is 5.82 Å². The van der Waals surface area contributed by atoms with Gasteiger partial charge in [-0.1, -0.05) is 37.3 Å². The molecule has 1 N–H and O–H groups in total. The molecule has 0 unspecified atom stereocenters. The second kappa shape index (κ2) is 9.08. The van der Waals surface area contributed by atoms with Gasteiger partial charge in [0.15, 0.2) is 5.82 Å². The van der Waals surface area contributed by atoms with E-state index in [2.05, 4.69) is 16.5 Å². The Balaban J connectivity index is 1.51.